The first-order valence-corrected chi connectivity index (χ1v) is 11.2. The van der Waals surface area contributed by atoms with E-state index in [1.165, 1.54) is 16.2 Å². The Kier molecular flexibility index (Phi) is 4.92. The third-order valence-corrected chi connectivity index (χ3v) is 6.89. The number of aliphatic hydroxyl groups excluding tert-OH is 1. The van der Waals surface area contributed by atoms with Gasteiger partial charge in [0.1, 0.15) is 11.6 Å². The van der Waals surface area contributed by atoms with E-state index in [4.69, 9.17) is 16.0 Å². The molecular weight excluding hydrogens is 446 g/mol. The molecule has 2 aromatic heterocycles. The molecule has 0 aliphatic carbocycles. The van der Waals surface area contributed by atoms with E-state index in [-0.39, 0.29) is 11.3 Å². The summed E-state index contributed by atoms with van der Waals surface area (Å²) in [5, 5.41) is 14.0. The van der Waals surface area contributed by atoms with Gasteiger partial charge in [0, 0.05) is 21.0 Å². The highest BCUT2D eigenvalue weighted by atomic mass is 35.5. The Morgan fingerprint density at radius 2 is 1.94 bits per heavy atom. The van der Waals surface area contributed by atoms with Gasteiger partial charge in [0.15, 0.2) is 11.5 Å². The second-order valence-corrected chi connectivity index (χ2v) is 9.15. The van der Waals surface area contributed by atoms with Gasteiger partial charge in [0.05, 0.1) is 5.57 Å². The maximum Gasteiger partial charge on any atom is 0.294 e. The minimum Gasteiger partial charge on any atom is -0.503 e. The molecule has 2 aromatic carbocycles. The number of hydrogen-bond donors (Lipinski definition) is 1. The zero-order chi connectivity index (χ0) is 22.6. The summed E-state index contributed by atoms with van der Waals surface area (Å²) in [6, 6.07) is 15.2. The van der Waals surface area contributed by atoms with Gasteiger partial charge in [-0.2, -0.15) is 0 Å². The molecule has 7 heteroatoms. The molecule has 1 atom stereocenters. The molecule has 160 valence electrons. The van der Waals surface area contributed by atoms with E-state index in [9.17, 15) is 14.7 Å². The number of thiophene rings is 1. The predicted octanol–water partition coefficient (Wildman–Crippen LogP) is 6.55. The molecule has 1 amide bonds. The Balaban J connectivity index is 1.67. The number of hydrogen-bond acceptors (Lipinski definition) is 5. The van der Waals surface area contributed by atoms with Crippen LogP contribution in [-0.4, -0.2) is 16.8 Å². The molecule has 0 spiro atoms. The van der Waals surface area contributed by atoms with Crippen LogP contribution in [0.1, 0.15) is 32.6 Å². The summed E-state index contributed by atoms with van der Waals surface area (Å²) in [7, 11) is 0. The Morgan fingerprint density at radius 3 is 2.66 bits per heavy atom. The van der Waals surface area contributed by atoms with Gasteiger partial charge in [-0.3, -0.25) is 14.5 Å². The summed E-state index contributed by atoms with van der Waals surface area (Å²) in [6.45, 7) is 3.85. The summed E-state index contributed by atoms with van der Waals surface area (Å²) in [6.07, 6.45) is 0. The number of benzene rings is 2. The van der Waals surface area contributed by atoms with Crippen LogP contribution in [0, 0.1) is 13.8 Å². The van der Waals surface area contributed by atoms with Gasteiger partial charge in [-0.25, -0.2) is 0 Å². The number of amides is 1. The average molecular weight is 464 g/mol. The van der Waals surface area contributed by atoms with Crippen molar-refractivity contribution in [1.82, 2.24) is 0 Å². The van der Waals surface area contributed by atoms with Crippen LogP contribution in [0.15, 0.2) is 75.7 Å². The van der Waals surface area contributed by atoms with Crippen LogP contribution < -0.4 is 4.90 Å². The van der Waals surface area contributed by atoms with E-state index >= 15 is 0 Å². The SMILES string of the molecule is Cc1cccc(N2C(=O)C(O)=C(C(=O)c3cc4cc(Cl)ccc4o3)C2c2sccc2C)c1. The monoisotopic (exact) mass is 463 g/mol. The topological polar surface area (TPSA) is 70.8 Å². The van der Waals surface area contributed by atoms with Crippen LogP contribution in [0.2, 0.25) is 5.02 Å². The second kappa shape index (κ2) is 7.65. The lowest BCUT2D eigenvalue weighted by atomic mass is 9.98. The van der Waals surface area contributed by atoms with Crippen LogP contribution in [0.4, 0.5) is 5.69 Å². The predicted molar refractivity (Wildman–Crippen MR) is 126 cm³/mol. The van der Waals surface area contributed by atoms with E-state index in [2.05, 4.69) is 0 Å². The van der Waals surface area contributed by atoms with Gasteiger partial charge >= 0.3 is 0 Å². The van der Waals surface area contributed by atoms with E-state index in [0.717, 1.165) is 16.0 Å². The minimum absolute atomic E-state index is 0.00668. The van der Waals surface area contributed by atoms with Gasteiger partial charge in [0.2, 0.25) is 5.78 Å². The molecule has 4 aromatic rings. The number of anilines is 1. The van der Waals surface area contributed by atoms with Crippen molar-refractivity contribution < 1.29 is 19.1 Å². The Morgan fingerprint density at radius 1 is 1.12 bits per heavy atom. The molecule has 0 saturated heterocycles. The lowest BCUT2D eigenvalue weighted by molar-refractivity contribution is -0.117. The first-order valence-electron chi connectivity index (χ1n) is 9.96. The molecule has 5 nitrogen and oxygen atoms in total. The van der Waals surface area contributed by atoms with Gasteiger partial charge in [-0.1, -0.05) is 23.7 Å². The molecule has 1 aliphatic heterocycles. The van der Waals surface area contributed by atoms with Crippen molar-refractivity contribution in [2.24, 2.45) is 0 Å². The van der Waals surface area contributed by atoms with Gasteiger partial charge in [-0.15, -0.1) is 11.3 Å². The third-order valence-electron chi connectivity index (χ3n) is 5.58. The molecule has 32 heavy (non-hydrogen) atoms. The zero-order valence-electron chi connectivity index (χ0n) is 17.3. The number of aliphatic hydroxyl groups is 1. The fraction of sp³-hybridized carbons (Fsp3) is 0.120. The van der Waals surface area contributed by atoms with E-state index in [1.807, 2.05) is 43.5 Å². The lowest BCUT2D eigenvalue weighted by Crippen LogP contribution is -2.31. The number of carbonyl (C=O) groups is 2. The highest BCUT2D eigenvalue weighted by Crippen LogP contribution is 2.45. The Bertz CT molecular complexity index is 1430. The minimum atomic E-state index is -0.756. The van der Waals surface area contributed by atoms with Crippen molar-refractivity contribution in [3.63, 3.8) is 0 Å². The van der Waals surface area contributed by atoms with Crippen molar-refractivity contribution in [2.45, 2.75) is 19.9 Å². The van der Waals surface area contributed by atoms with Crippen LogP contribution in [0.3, 0.4) is 0 Å². The van der Waals surface area contributed by atoms with Crippen LogP contribution in [0.25, 0.3) is 11.0 Å². The lowest BCUT2D eigenvalue weighted by Gasteiger charge is -2.26. The number of fused-ring (bicyclic) bond motifs is 1. The number of furan rings is 1. The number of ketones is 1. The van der Waals surface area contributed by atoms with Crippen molar-refractivity contribution in [3.05, 3.63) is 98.1 Å². The first kappa shape index (κ1) is 20.5. The third kappa shape index (κ3) is 3.23. The summed E-state index contributed by atoms with van der Waals surface area (Å²) in [5.41, 5.74) is 3.01. The number of halogens is 1. The molecule has 0 radical (unpaired) electrons. The normalized spacial score (nSPS) is 16.4. The van der Waals surface area contributed by atoms with Crippen LogP contribution in [-0.2, 0) is 4.79 Å². The molecule has 0 bridgehead atoms. The average Bonchev–Trinajstić information content (AvgIpc) is 3.44. The largest absolute Gasteiger partial charge is 0.503 e. The quantitative estimate of drug-likeness (QED) is 0.348. The standard InChI is InChI=1S/C25H18ClNO4S/c1-13-4-3-5-17(10-13)27-21(24-14(2)8-9-32-24)20(23(29)25(27)30)22(28)19-12-15-11-16(26)6-7-18(15)31-19/h3-12,21,29H,1-2H3. The molecule has 3 heterocycles. The maximum atomic E-state index is 13.6. The van der Waals surface area contributed by atoms with Crippen molar-refractivity contribution in [2.75, 3.05) is 4.90 Å². The summed E-state index contributed by atoms with van der Waals surface area (Å²) < 4.78 is 5.76. The highest BCUT2D eigenvalue weighted by molar-refractivity contribution is 7.10. The molecule has 5 rings (SSSR count). The number of aryl methyl sites for hydroxylation is 2. The fourth-order valence-electron chi connectivity index (χ4n) is 4.05. The number of carbonyl (C=O) groups excluding carboxylic acids is 2. The molecule has 0 fully saturated rings. The van der Waals surface area contributed by atoms with Crippen molar-refractivity contribution in [3.8, 4) is 0 Å². The summed E-state index contributed by atoms with van der Waals surface area (Å²) >= 11 is 7.50. The van der Waals surface area contributed by atoms with E-state index < -0.39 is 23.5 Å². The first-order chi connectivity index (χ1) is 15.3. The summed E-state index contributed by atoms with van der Waals surface area (Å²) in [4.78, 5) is 29.1. The number of nitrogens with zero attached hydrogens (tertiary/aromatic N) is 1. The van der Waals surface area contributed by atoms with Crippen molar-refractivity contribution >= 4 is 51.3 Å². The van der Waals surface area contributed by atoms with E-state index in [1.54, 1.807) is 30.3 Å². The Hall–Kier alpha value is -3.35. The van der Waals surface area contributed by atoms with Crippen molar-refractivity contribution in [1.29, 1.82) is 0 Å². The highest BCUT2D eigenvalue weighted by Gasteiger charge is 2.46. The number of rotatable bonds is 4. The fourth-order valence-corrected chi connectivity index (χ4v) is 5.26. The van der Waals surface area contributed by atoms with Crippen LogP contribution in [0.5, 0.6) is 0 Å². The van der Waals surface area contributed by atoms with Gasteiger partial charge in [-0.05, 0) is 72.8 Å². The molecule has 1 aliphatic rings. The van der Waals surface area contributed by atoms with Gasteiger partial charge in [0.25, 0.3) is 5.91 Å². The molecule has 0 saturated carbocycles. The Labute approximate surface area is 193 Å². The number of Topliss-reactive ketones (excluding diaryl/α,β-unsaturated/α-hetero) is 1. The maximum absolute atomic E-state index is 13.6. The zero-order valence-corrected chi connectivity index (χ0v) is 18.8. The summed E-state index contributed by atoms with van der Waals surface area (Å²) in [5.74, 6) is -1.67. The molecular formula is C25H18ClNO4S. The smallest absolute Gasteiger partial charge is 0.294 e. The molecule has 1 unspecified atom stereocenters. The molecule has 1 N–H and O–H groups in total. The van der Waals surface area contributed by atoms with E-state index in [0.29, 0.717) is 21.7 Å². The van der Waals surface area contributed by atoms with Gasteiger partial charge < -0.3 is 9.52 Å². The van der Waals surface area contributed by atoms with Crippen LogP contribution >= 0.6 is 22.9 Å². The second-order valence-electron chi connectivity index (χ2n) is 7.77.